The molecule has 2 aromatic carbocycles. The van der Waals surface area contributed by atoms with Gasteiger partial charge in [0, 0.05) is 24.7 Å². The van der Waals surface area contributed by atoms with Gasteiger partial charge in [0.25, 0.3) is 0 Å². The molecule has 0 aromatic heterocycles. The zero-order chi connectivity index (χ0) is 14.1. The minimum absolute atomic E-state index is 0.000232. The standard InChI is InChI=1S/C17H17NO2/c1-18(15-7-4-8-16(19)11-15)17(20)14-9-12-5-2-3-6-13(12)10-14/h2-8,11,14,19H,9-10H2,1H3. The van der Waals surface area contributed by atoms with Crippen LogP contribution in [0.25, 0.3) is 0 Å². The van der Waals surface area contributed by atoms with Crippen LogP contribution in [0.4, 0.5) is 5.69 Å². The van der Waals surface area contributed by atoms with Crippen LogP contribution < -0.4 is 4.90 Å². The average molecular weight is 267 g/mol. The minimum atomic E-state index is -0.000232. The van der Waals surface area contributed by atoms with E-state index in [0.29, 0.717) is 0 Å². The third kappa shape index (κ3) is 2.27. The van der Waals surface area contributed by atoms with Crippen LogP contribution in [0.3, 0.4) is 0 Å². The number of fused-ring (bicyclic) bond motifs is 1. The van der Waals surface area contributed by atoms with Crippen molar-refractivity contribution in [2.24, 2.45) is 5.92 Å². The molecule has 0 spiro atoms. The average Bonchev–Trinajstić information content (AvgIpc) is 2.89. The molecule has 0 aliphatic heterocycles. The smallest absolute Gasteiger partial charge is 0.230 e. The van der Waals surface area contributed by atoms with Crippen molar-refractivity contribution in [3.8, 4) is 5.75 Å². The molecule has 1 amide bonds. The van der Waals surface area contributed by atoms with Crippen LogP contribution in [-0.4, -0.2) is 18.1 Å². The van der Waals surface area contributed by atoms with E-state index in [1.807, 2.05) is 18.2 Å². The summed E-state index contributed by atoms with van der Waals surface area (Å²) in [6.45, 7) is 0. The molecule has 20 heavy (non-hydrogen) atoms. The molecule has 3 nitrogen and oxygen atoms in total. The first-order chi connectivity index (χ1) is 9.65. The highest BCUT2D eigenvalue weighted by molar-refractivity contribution is 5.95. The van der Waals surface area contributed by atoms with Gasteiger partial charge in [-0.05, 0) is 36.1 Å². The molecular weight excluding hydrogens is 250 g/mol. The maximum absolute atomic E-state index is 12.6. The molecule has 1 N–H and O–H groups in total. The first kappa shape index (κ1) is 12.7. The van der Waals surface area contributed by atoms with Crippen LogP contribution >= 0.6 is 0 Å². The Balaban J connectivity index is 1.78. The Kier molecular flexibility index (Phi) is 3.18. The highest BCUT2D eigenvalue weighted by Gasteiger charge is 2.29. The summed E-state index contributed by atoms with van der Waals surface area (Å²) in [4.78, 5) is 14.2. The number of phenols is 1. The second-order valence-corrected chi connectivity index (χ2v) is 5.29. The number of hydrogen-bond acceptors (Lipinski definition) is 2. The van der Waals surface area contributed by atoms with Gasteiger partial charge in [-0.15, -0.1) is 0 Å². The second kappa shape index (κ2) is 5.00. The lowest BCUT2D eigenvalue weighted by Gasteiger charge is -2.21. The Morgan fingerprint density at radius 1 is 1.10 bits per heavy atom. The van der Waals surface area contributed by atoms with Gasteiger partial charge in [0.1, 0.15) is 5.75 Å². The molecule has 0 saturated carbocycles. The Morgan fingerprint density at radius 3 is 2.35 bits per heavy atom. The molecule has 0 saturated heterocycles. The molecule has 0 fully saturated rings. The van der Waals surface area contributed by atoms with Gasteiger partial charge in [-0.25, -0.2) is 0 Å². The third-order valence-corrected chi connectivity index (χ3v) is 3.95. The highest BCUT2D eigenvalue weighted by Crippen LogP contribution is 2.29. The Hall–Kier alpha value is -2.29. The molecule has 0 heterocycles. The van der Waals surface area contributed by atoms with Gasteiger partial charge in [-0.3, -0.25) is 4.79 Å². The molecule has 0 radical (unpaired) electrons. The van der Waals surface area contributed by atoms with E-state index < -0.39 is 0 Å². The number of rotatable bonds is 2. The molecule has 0 unspecified atom stereocenters. The van der Waals surface area contributed by atoms with Crippen LogP contribution in [0.2, 0.25) is 0 Å². The van der Waals surface area contributed by atoms with Crippen LogP contribution in [0.1, 0.15) is 11.1 Å². The summed E-state index contributed by atoms with van der Waals surface area (Å²) >= 11 is 0. The van der Waals surface area contributed by atoms with E-state index in [1.54, 1.807) is 30.1 Å². The summed E-state index contributed by atoms with van der Waals surface area (Å²) in [7, 11) is 1.76. The van der Waals surface area contributed by atoms with Gasteiger partial charge in [-0.2, -0.15) is 0 Å². The lowest BCUT2D eigenvalue weighted by molar-refractivity contribution is -0.121. The fourth-order valence-corrected chi connectivity index (χ4v) is 2.84. The van der Waals surface area contributed by atoms with Gasteiger partial charge in [0.15, 0.2) is 0 Å². The van der Waals surface area contributed by atoms with Crippen LogP contribution in [0, 0.1) is 5.92 Å². The zero-order valence-electron chi connectivity index (χ0n) is 11.4. The van der Waals surface area contributed by atoms with Crippen LogP contribution in [0.15, 0.2) is 48.5 Å². The molecule has 3 heteroatoms. The van der Waals surface area contributed by atoms with Crippen LogP contribution in [-0.2, 0) is 17.6 Å². The molecule has 0 bridgehead atoms. The monoisotopic (exact) mass is 267 g/mol. The van der Waals surface area contributed by atoms with Crippen molar-refractivity contribution >= 4 is 11.6 Å². The molecule has 3 rings (SSSR count). The number of phenolic OH excluding ortho intramolecular Hbond substituents is 1. The van der Waals surface area contributed by atoms with Crippen molar-refractivity contribution in [2.75, 3.05) is 11.9 Å². The first-order valence-electron chi connectivity index (χ1n) is 6.78. The van der Waals surface area contributed by atoms with E-state index in [-0.39, 0.29) is 17.6 Å². The minimum Gasteiger partial charge on any atom is -0.508 e. The maximum atomic E-state index is 12.6. The largest absolute Gasteiger partial charge is 0.508 e. The van der Waals surface area contributed by atoms with Crippen molar-refractivity contribution in [3.05, 3.63) is 59.7 Å². The third-order valence-electron chi connectivity index (χ3n) is 3.95. The van der Waals surface area contributed by atoms with Gasteiger partial charge in [0.2, 0.25) is 5.91 Å². The maximum Gasteiger partial charge on any atom is 0.230 e. The van der Waals surface area contributed by atoms with Gasteiger partial charge < -0.3 is 10.0 Å². The van der Waals surface area contributed by atoms with Gasteiger partial charge in [0.05, 0.1) is 0 Å². The number of nitrogens with zero attached hydrogens (tertiary/aromatic N) is 1. The summed E-state index contributed by atoms with van der Waals surface area (Å²) in [5, 5.41) is 9.51. The molecule has 0 atom stereocenters. The predicted octanol–water partition coefficient (Wildman–Crippen LogP) is 2.77. The summed E-state index contributed by atoms with van der Waals surface area (Å²) in [5.41, 5.74) is 3.27. The zero-order valence-corrected chi connectivity index (χ0v) is 11.4. The van der Waals surface area contributed by atoms with Crippen molar-refractivity contribution < 1.29 is 9.90 Å². The number of hydrogen-bond donors (Lipinski definition) is 1. The fourth-order valence-electron chi connectivity index (χ4n) is 2.84. The van der Waals surface area contributed by atoms with E-state index >= 15 is 0 Å². The van der Waals surface area contributed by atoms with E-state index in [0.717, 1.165) is 18.5 Å². The fraction of sp³-hybridized carbons (Fsp3) is 0.235. The van der Waals surface area contributed by atoms with Crippen molar-refractivity contribution in [1.29, 1.82) is 0 Å². The van der Waals surface area contributed by atoms with E-state index in [4.69, 9.17) is 0 Å². The lowest BCUT2D eigenvalue weighted by atomic mass is 10.0. The normalized spacial score (nSPS) is 14.1. The topological polar surface area (TPSA) is 40.5 Å². The molecule has 1 aliphatic rings. The predicted molar refractivity (Wildman–Crippen MR) is 78.9 cm³/mol. The van der Waals surface area contributed by atoms with Crippen LogP contribution in [0.5, 0.6) is 5.75 Å². The summed E-state index contributed by atoms with van der Waals surface area (Å²) in [5.74, 6) is 0.281. The van der Waals surface area contributed by atoms with Crippen molar-refractivity contribution in [1.82, 2.24) is 0 Å². The quantitative estimate of drug-likeness (QED) is 0.909. The first-order valence-corrected chi connectivity index (χ1v) is 6.78. The lowest BCUT2D eigenvalue weighted by Crippen LogP contribution is -2.33. The van der Waals surface area contributed by atoms with Crippen molar-refractivity contribution in [2.45, 2.75) is 12.8 Å². The number of benzene rings is 2. The summed E-state index contributed by atoms with van der Waals surface area (Å²) < 4.78 is 0. The van der Waals surface area contributed by atoms with Gasteiger partial charge in [-0.1, -0.05) is 30.3 Å². The molecular formula is C17H17NO2. The number of carbonyl (C=O) groups excluding carboxylic acids is 1. The number of carbonyl (C=O) groups is 1. The Labute approximate surface area is 118 Å². The van der Waals surface area contributed by atoms with E-state index in [1.165, 1.54) is 11.1 Å². The molecule has 2 aromatic rings. The SMILES string of the molecule is CN(C(=O)C1Cc2ccccc2C1)c1cccc(O)c1. The molecule has 1 aliphatic carbocycles. The van der Waals surface area contributed by atoms with Crippen molar-refractivity contribution in [3.63, 3.8) is 0 Å². The van der Waals surface area contributed by atoms with E-state index in [2.05, 4.69) is 12.1 Å². The highest BCUT2D eigenvalue weighted by atomic mass is 16.3. The number of anilines is 1. The Bertz CT molecular complexity index is 626. The van der Waals surface area contributed by atoms with Gasteiger partial charge >= 0.3 is 0 Å². The Morgan fingerprint density at radius 2 is 1.75 bits per heavy atom. The second-order valence-electron chi connectivity index (χ2n) is 5.29. The number of amides is 1. The summed E-state index contributed by atoms with van der Waals surface area (Å²) in [6.07, 6.45) is 1.61. The van der Waals surface area contributed by atoms with E-state index in [9.17, 15) is 9.90 Å². The number of aromatic hydroxyl groups is 1. The summed E-state index contributed by atoms with van der Waals surface area (Å²) in [6, 6.07) is 15.0. The molecule has 102 valence electrons.